The molecule has 0 aromatic heterocycles. The van der Waals surface area contributed by atoms with E-state index < -0.39 is 5.92 Å². The SMILES string of the molecule is N#CC(C(=O)NCCN1CCOCC1)c1ccccc1. The van der Waals surface area contributed by atoms with Gasteiger partial charge in [-0.2, -0.15) is 5.26 Å². The third-order valence-electron chi connectivity index (χ3n) is 3.36. The number of rotatable bonds is 5. The number of carbonyl (C=O) groups excluding carboxylic acids is 1. The van der Waals surface area contributed by atoms with Crippen molar-refractivity contribution < 1.29 is 9.53 Å². The normalized spacial score (nSPS) is 17.1. The lowest BCUT2D eigenvalue weighted by Gasteiger charge is -2.26. The summed E-state index contributed by atoms with van der Waals surface area (Å²) in [7, 11) is 0. The van der Waals surface area contributed by atoms with E-state index in [0.717, 1.165) is 38.4 Å². The van der Waals surface area contributed by atoms with E-state index in [1.807, 2.05) is 18.2 Å². The summed E-state index contributed by atoms with van der Waals surface area (Å²) < 4.78 is 5.27. The van der Waals surface area contributed by atoms with Gasteiger partial charge in [0.2, 0.25) is 5.91 Å². The highest BCUT2D eigenvalue weighted by Crippen LogP contribution is 2.14. The number of carbonyl (C=O) groups is 1. The summed E-state index contributed by atoms with van der Waals surface area (Å²) in [5, 5.41) is 12.0. The molecule has 5 heteroatoms. The lowest BCUT2D eigenvalue weighted by molar-refractivity contribution is -0.121. The third-order valence-corrected chi connectivity index (χ3v) is 3.36. The van der Waals surface area contributed by atoms with Gasteiger partial charge in [-0.1, -0.05) is 30.3 Å². The molecule has 0 saturated carbocycles. The molecule has 2 rings (SSSR count). The summed E-state index contributed by atoms with van der Waals surface area (Å²) in [5.74, 6) is -0.965. The Bertz CT molecular complexity index is 464. The molecule has 1 aromatic carbocycles. The van der Waals surface area contributed by atoms with Gasteiger partial charge in [-0.15, -0.1) is 0 Å². The van der Waals surface area contributed by atoms with Crippen LogP contribution in [0.1, 0.15) is 11.5 Å². The summed E-state index contributed by atoms with van der Waals surface area (Å²) in [4.78, 5) is 14.3. The maximum Gasteiger partial charge on any atom is 0.241 e. The van der Waals surface area contributed by atoms with Crippen molar-refractivity contribution in [2.75, 3.05) is 39.4 Å². The van der Waals surface area contributed by atoms with Crippen molar-refractivity contribution in [3.8, 4) is 6.07 Å². The molecule has 5 nitrogen and oxygen atoms in total. The molecule has 1 heterocycles. The Morgan fingerprint density at radius 3 is 2.70 bits per heavy atom. The number of amides is 1. The Morgan fingerprint density at radius 2 is 2.05 bits per heavy atom. The molecule has 20 heavy (non-hydrogen) atoms. The first-order valence-corrected chi connectivity index (χ1v) is 6.83. The second-order valence-corrected chi connectivity index (χ2v) is 4.72. The quantitative estimate of drug-likeness (QED) is 0.859. The van der Waals surface area contributed by atoms with Gasteiger partial charge in [-0.3, -0.25) is 9.69 Å². The zero-order valence-electron chi connectivity index (χ0n) is 11.4. The predicted octanol–water partition coefficient (Wildman–Crippen LogP) is 0.742. The van der Waals surface area contributed by atoms with Crippen LogP contribution in [0.2, 0.25) is 0 Å². The number of nitrogens with zero attached hydrogens (tertiary/aromatic N) is 2. The van der Waals surface area contributed by atoms with Crippen molar-refractivity contribution in [3.05, 3.63) is 35.9 Å². The molecule has 1 amide bonds. The molecule has 1 atom stereocenters. The highest BCUT2D eigenvalue weighted by Gasteiger charge is 2.19. The first-order chi connectivity index (χ1) is 9.81. The first-order valence-electron chi connectivity index (χ1n) is 6.83. The molecular weight excluding hydrogens is 254 g/mol. The van der Waals surface area contributed by atoms with Crippen molar-refractivity contribution in [3.63, 3.8) is 0 Å². The van der Waals surface area contributed by atoms with Gasteiger partial charge in [0.1, 0.15) is 5.92 Å². The second kappa shape index (κ2) is 7.63. The van der Waals surface area contributed by atoms with Gasteiger partial charge >= 0.3 is 0 Å². The zero-order valence-corrected chi connectivity index (χ0v) is 11.4. The van der Waals surface area contributed by atoms with Gasteiger partial charge in [-0.25, -0.2) is 0 Å². The topological polar surface area (TPSA) is 65.4 Å². The maximum atomic E-state index is 12.0. The number of nitrogens with one attached hydrogen (secondary N) is 1. The lowest BCUT2D eigenvalue weighted by atomic mass is 10.00. The molecule has 0 radical (unpaired) electrons. The van der Waals surface area contributed by atoms with Gasteiger partial charge in [0.05, 0.1) is 19.3 Å². The van der Waals surface area contributed by atoms with Gasteiger partial charge in [0.25, 0.3) is 0 Å². The molecule has 1 aliphatic heterocycles. The van der Waals surface area contributed by atoms with E-state index >= 15 is 0 Å². The minimum absolute atomic E-state index is 0.230. The van der Waals surface area contributed by atoms with Crippen LogP contribution in [0.3, 0.4) is 0 Å². The Morgan fingerprint density at radius 1 is 1.35 bits per heavy atom. The summed E-state index contributed by atoms with van der Waals surface area (Å²) in [6.45, 7) is 4.65. The minimum atomic E-state index is -0.735. The largest absolute Gasteiger partial charge is 0.379 e. The van der Waals surface area contributed by atoms with Crippen LogP contribution in [0.15, 0.2) is 30.3 Å². The van der Waals surface area contributed by atoms with Crippen LogP contribution in [0.25, 0.3) is 0 Å². The first kappa shape index (κ1) is 14.5. The smallest absolute Gasteiger partial charge is 0.241 e. The van der Waals surface area contributed by atoms with E-state index in [4.69, 9.17) is 10.00 Å². The molecule has 1 unspecified atom stereocenters. The fraction of sp³-hybridized carbons (Fsp3) is 0.467. The molecular formula is C15H19N3O2. The standard InChI is InChI=1S/C15H19N3O2/c16-12-14(13-4-2-1-3-5-13)15(19)17-6-7-18-8-10-20-11-9-18/h1-5,14H,6-11H2,(H,17,19). The van der Waals surface area contributed by atoms with Crippen molar-refractivity contribution in [2.24, 2.45) is 0 Å². The molecule has 1 aliphatic rings. The highest BCUT2D eigenvalue weighted by atomic mass is 16.5. The molecule has 1 aromatic rings. The molecule has 1 saturated heterocycles. The summed E-state index contributed by atoms with van der Waals surface area (Å²) >= 11 is 0. The number of hydrogen-bond acceptors (Lipinski definition) is 4. The average molecular weight is 273 g/mol. The molecule has 0 bridgehead atoms. The van der Waals surface area contributed by atoms with Crippen molar-refractivity contribution in [2.45, 2.75) is 5.92 Å². The Labute approximate surface area is 119 Å². The Kier molecular flexibility index (Phi) is 5.54. The Balaban J connectivity index is 1.80. The van der Waals surface area contributed by atoms with Crippen LogP contribution >= 0.6 is 0 Å². The summed E-state index contributed by atoms with van der Waals surface area (Å²) in [6, 6.07) is 11.2. The van der Waals surface area contributed by atoms with Crippen LogP contribution in [0.5, 0.6) is 0 Å². The molecule has 106 valence electrons. The Hall–Kier alpha value is -1.90. The number of nitriles is 1. The van der Waals surface area contributed by atoms with Crippen molar-refractivity contribution in [1.29, 1.82) is 5.26 Å². The van der Waals surface area contributed by atoms with Gasteiger partial charge in [0.15, 0.2) is 0 Å². The van der Waals surface area contributed by atoms with Crippen LogP contribution in [0, 0.1) is 11.3 Å². The number of morpholine rings is 1. The van der Waals surface area contributed by atoms with E-state index in [-0.39, 0.29) is 5.91 Å². The number of hydrogen-bond donors (Lipinski definition) is 1. The fourth-order valence-corrected chi connectivity index (χ4v) is 2.19. The zero-order chi connectivity index (χ0) is 14.2. The van der Waals surface area contributed by atoms with Crippen molar-refractivity contribution >= 4 is 5.91 Å². The minimum Gasteiger partial charge on any atom is -0.379 e. The monoisotopic (exact) mass is 273 g/mol. The van der Waals surface area contributed by atoms with Crippen LogP contribution in [-0.2, 0) is 9.53 Å². The van der Waals surface area contributed by atoms with Gasteiger partial charge in [-0.05, 0) is 5.56 Å². The molecule has 1 fully saturated rings. The molecule has 0 spiro atoms. The average Bonchev–Trinajstić information content (AvgIpc) is 2.50. The van der Waals surface area contributed by atoms with E-state index in [9.17, 15) is 4.79 Å². The summed E-state index contributed by atoms with van der Waals surface area (Å²) in [6.07, 6.45) is 0. The predicted molar refractivity (Wildman–Crippen MR) is 75.1 cm³/mol. The van der Waals surface area contributed by atoms with E-state index in [1.54, 1.807) is 12.1 Å². The van der Waals surface area contributed by atoms with E-state index in [0.29, 0.717) is 6.54 Å². The third kappa shape index (κ3) is 4.05. The van der Waals surface area contributed by atoms with Crippen LogP contribution in [-0.4, -0.2) is 50.2 Å². The fourth-order valence-electron chi connectivity index (χ4n) is 2.19. The lowest BCUT2D eigenvalue weighted by Crippen LogP contribution is -2.42. The van der Waals surface area contributed by atoms with Crippen LogP contribution in [0.4, 0.5) is 0 Å². The highest BCUT2D eigenvalue weighted by molar-refractivity contribution is 5.86. The van der Waals surface area contributed by atoms with E-state index in [2.05, 4.69) is 16.3 Å². The second-order valence-electron chi connectivity index (χ2n) is 4.72. The van der Waals surface area contributed by atoms with Gasteiger partial charge in [0, 0.05) is 26.2 Å². The maximum absolute atomic E-state index is 12.0. The molecule has 1 N–H and O–H groups in total. The van der Waals surface area contributed by atoms with Crippen molar-refractivity contribution in [1.82, 2.24) is 10.2 Å². The number of benzene rings is 1. The van der Waals surface area contributed by atoms with E-state index in [1.165, 1.54) is 0 Å². The van der Waals surface area contributed by atoms with Gasteiger partial charge < -0.3 is 10.1 Å². The summed E-state index contributed by atoms with van der Waals surface area (Å²) in [5.41, 5.74) is 0.735. The number of ether oxygens (including phenoxy) is 1. The molecule has 0 aliphatic carbocycles. The van der Waals surface area contributed by atoms with Crippen LogP contribution < -0.4 is 5.32 Å².